The van der Waals surface area contributed by atoms with E-state index in [0.29, 0.717) is 35.5 Å². The second-order valence-electron chi connectivity index (χ2n) is 35.7. The molecule has 0 N–H and O–H groups in total. The fourth-order valence-corrected chi connectivity index (χ4v) is 20.6. The molecule has 0 fully saturated rings. The SMILES string of the molecule is Cc1ccc(C(C)(C)C)cc1-c1cc(C(C)C)c([Si](C)(C)C)c[n+]1C.Cc1ccc(C(C)C)cc1-c1cc(C(C)C)c([Si](C)(C)C)c[n+]1C.Cc1ccc(C)c(-c2cc(C(C)C)c([Si](C)(C)C)c[n+]2C)c1.Cc1ccc(CC(C)C)cc1-c1cc(C(C)C)c([Si](C)(C)C)c[n+]1C. The summed E-state index contributed by atoms with van der Waals surface area (Å²) in [6, 6.07) is 37.4. The molecule has 8 heteroatoms. The monoisotopic (exact) mass is 1360 g/mol. The summed E-state index contributed by atoms with van der Waals surface area (Å²) in [7, 11) is 3.36. The quantitative estimate of drug-likeness (QED) is 0.0718. The molecule has 520 valence electrons. The summed E-state index contributed by atoms with van der Waals surface area (Å²) in [5.74, 6) is 3.46. The summed E-state index contributed by atoms with van der Waals surface area (Å²) in [5, 5.41) is 6.34. The minimum absolute atomic E-state index is 0.167. The number of nitrogens with zero attached hydrogens (tertiary/aromatic N) is 4. The van der Waals surface area contributed by atoms with E-state index in [-0.39, 0.29) is 5.41 Å². The van der Waals surface area contributed by atoms with Crippen LogP contribution in [0.1, 0.15) is 200 Å². The Hall–Kier alpha value is -5.65. The lowest BCUT2D eigenvalue weighted by Crippen LogP contribution is -2.47. The Morgan fingerprint density at radius 3 is 0.896 bits per heavy atom. The number of hydrogen-bond donors (Lipinski definition) is 0. The van der Waals surface area contributed by atoms with Gasteiger partial charge in [0.15, 0.2) is 24.8 Å². The Kier molecular flexibility index (Phi) is 27.1. The van der Waals surface area contributed by atoms with Crippen LogP contribution in [0.3, 0.4) is 0 Å². The maximum atomic E-state index is 2.46. The van der Waals surface area contributed by atoms with Gasteiger partial charge in [0.05, 0.1) is 32.3 Å². The molecule has 0 saturated carbocycles. The lowest BCUT2D eigenvalue weighted by Gasteiger charge is -2.23. The molecule has 0 aliphatic heterocycles. The van der Waals surface area contributed by atoms with E-state index in [1.54, 1.807) is 20.7 Å². The second kappa shape index (κ2) is 32.1. The van der Waals surface area contributed by atoms with Gasteiger partial charge in [0.1, 0.15) is 28.2 Å². The molecule has 4 aromatic carbocycles. The zero-order valence-electron chi connectivity index (χ0n) is 68.0. The van der Waals surface area contributed by atoms with Crippen LogP contribution in [-0.4, -0.2) is 32.3 Å². The Balaban J connectivity index is 0.000000232. The van der Waals surface area contributed by atoms with Crippen molar-refractivity contribution < 1.29 is 18.3 Å². The summed E-state index contributed by atoms with van der Waals surface area (Å²) >= 11 is 0. The molecule has 0 amide bonds. The van der Waals surface area contributed by atoms with Crippen LogP contribution in [0, 0.1) is 40.5 Å². The van der Waals surface area contributed by atoms with Crippen LogP contribution < -0.4 is 39.0 Å². The molecular formula is C88H136N4Si4+4. The van der Waals surface area contributed by atoms with Crippen LogP contribution in [0.4, 0.5) is 0 Å². The topological polar surface area (TPSA) is 15.5 Å². The van der Waals surface area contributed by atoms with Crippen molar-refractivity contribution in [2.45, 2.75) is 258 Å². The second-order valence-corrected chi connectivity index (χ2v) is 55.9. The smallest absolute Gasteiger partial charge is 0.201 e. The number of hydrogen-bond acceptors (Lipinski definition) is 0. The first kappa shape index (κ1) is 81.0. The maximum absolute atomic E-state index is 2.46. The molecule has 0 unspecified atom stereocenters. The normalized spacial score (nSPS) is 12.4. The van der Waals surface area contributed by atoms with E-state index < -0.39 is 32.3 Å². The Labute approximate surface area is 593 Å². The van der Waals surface area contributed by atoms with E-state index in [9.17, 15) is 0 Å². The highest BCUT2D eigenvalue weighted by molar-refractivity contribution is 6.90. The molecule has 0 aliphatic carbocycles. The summed E-state index contributed by atoms with van der Waals surface area (Å²) in [5.41, 5.74) is 28.0. The lowest BCUT2D eigenvalue weighted by atomic mass is 9.84. The first-order valence-electron chi connectivity index (χ1n) is 36.5. The molecule has 0 bridgehead atoms. The van der Waals surface area contributed by atoms with Gasteiger partial charge in [0, 0.05) is 67.3 Å². The predicted octanol–water partition coefficient (Wildman–Crippen LogP) is 20.5. The number of pyridine rings is 4. The molecule has 8 rings (SSSR count). The van der Waals surface area contributed by atoms with Gasteiger partial charge in [-0.05, 0) is 167 Å². The van der Waals surface area contributed by atoms with Crippen LogP contribution >= 0.6 is 0 Å². The lowest BCUT2D eigenvalue weighted by molar-refractivity contribution is -0.659. The average molecular weight is 1360 g/mol. The van der Waals surface area contributed by atoms with Crippen molar-refractivity contribution in [1.29, 1.82) is 0 Å². The first-order chi connectivity index (χ1) is 43.9. The minimum Gasteiger partial charge on any atom is -0.201 e. The van der Waals surface area contributed by atoms with Gasteiger partial charge in [-0.3, -0.25) is 0 Å². The summed E-state index contributed by atoms with van der Waals surface area (Å²) < 4.78 is 9.35. The number of aryl methyl sites for hydroxylation is 9. The van der Waals surface area contributed by atoms with Crippen LogP contribution in [0.5, 0.6) is 0 Å². The summed E-state index contributed by atoms with van der Waals surface area (Å²) in [4.78, 5) is 0. The van der Waals surface area contributed by atoms with Crippen LogP contribution in [0.15, 0.2) is 122 Å². The highest BCUT2D eigenvalue weighted by atomic mass is 28.3. The molecule has 8 aromatic rings. The van der Waals surface area contributed by atoms with Gasteiger partial charge in [0.25, 0.3) is 0 Å². The third-order valence-corrected chi connectivity index (χ3v) is 27.6. The van der Waals surface area contributed by atoms with Crippen molar-refractivity contribution in [2.75, 3.05) is 0 Å². The molecule has 0 spiro atoms. The van der Waals surface area contributed by atoms with Gasteiger partial charge in [-0.25, -0.2) is 18.3 Å². The molecule has 4 heterocycles. The Morgan fingerprint density at radius 2 is 0.604 bits per heavy atom. The van der Waals surface area contributed by atoms with Crippen molar-refractivity contribution in [1.82, 2.24) is 0 Å². The van der Waals surface area contributed by atoms with Gasteiger partial charge >= 0.3 is 0 Å². The molecular weight excluding hydrogens is 1230 g/mol. The van der Waals surface area contributed by atoms with Gasteiger partial charge in [0.2, 0.25) is 22.8 Å². The summed E-state index contributed by atoms with van der Waals surface area (Å²) in [6.45, 7) is 74.9. The van der Waals surface area contributed by atoms with Gasteiger partial charge in [-0.2, -0.15) is 0 Å². The van der Waals surface area contributed by atoms with Crippen molar-refractivity contribution in [2.24, 2.45) is 34.1 Å². The zero-order chi connectivity index (χ0) is 73.0. The van der Waals surface area contributed by atoms with E-state index in [0.717, 1.165) is 6.42 Å². The third-order valence-electron chi connectivity index (χ3n) is 19.4. The first-order valence-corrected chi connectivity index (χ1v) is 50.5. The molecule has 4 aromatic heterocycles. The van der Waals surface area contributed by atoms with Gasteiger partial charge < -0.3 is 0 Å². The minimum atomic E-state index is -1.37. The standard InChI is InChI=1S/2C23H36NSi.C22H34NSi.C20H30NSi/c1-16(2)19-14-21(24(7)15-22(19)25(8,9)10)20-13-18(23(4,5)6)12-11-17(20)3;1-16(2)12-19-11-10-18(5)21(13-19)22-14-20(17(3)4)23(15-24(22)6)25(7,8)9;1-15(2)18-11-10-17(5)20(12-18)21-13-19(16(3)4)22(14-23(21)6)24(7,8)9;1-14(2)17-12-19(18-11-15(3)9-10-16(18)4)21(5)13-20(17)22(6,7)8/h11-16H,1-10H3;10-11,13-17H,12H2,1-9H3;10-16H,1-9H3;9-14H,1-8H3/q4*+1. The van der Waals surface area contributed by atoms with Gasteiger partial charge in [-0.15, -0.1) is 0 Å². The molecule has 0 atom stereocenters. The number of aromatic nitrogens is 4. The van der Waals surface area contributed by atoms with E-state index >= 15 is 0 Å². The number of rotatable bonds is 15. The fraction of sp³-hybridized carbons (Fsp3) is 0.500. The molecule has 96 heavy (non-hydrogen) atoms. The highest BCUT2D eigenvalue weighted by Gasteiger charge is 2.32. The van der Waals surface area contributed by atoms with Crippen LogP contribution in [0.2, 0.25) is 78.6 Å². The van der Waals surface area contributed by atoms with Crippen molar-refractivity contribution in [3.63, 3.8) is 0 Å². The van der Waals surface area contributed by atoms with E-state index in [4.69, 9.17) is 0 Å². The van der Waals surface area contributed by atoms with Crippen molar-refractivity contribution in [3.05, 3.63) is 189 Å². The molecule has 4 nitrogen and oxygen atoms in total. The molecule has 0 radical (unpaired) electrons. The third kappa shape index (κ3) is 20.7. The largest absolute Gasteiger partial charge is 0.212 e. The van der Waals surface area contributed by atoms with Gasteiger partial charge in [-0.1, -0.05) is 237 Å². The van der Waals surface area contributed by atoms with Crippen LogP contribution in [0.25, 0.3) is 45.0 Å². The van der Waals surface area contributed by atoms with Crippen molar-refractivity contribution in [3.8, 4) is 45.0 Å². The zero-order valence-corrected chi connectivity index (χ0v) is 72.0. The number of benzene rings is 4. The maximum Gasteiger partial charge on any atom is 0.212 e. The fourth-order valence-electron chi connectivity index (χ4n) is 13.3. The Morgan fingerprint density at radius 1 is 0.323 bits per heavy atom. The molecule has 0 saturated heterocycles. The highest BCUT2D eigenvalue weighted by Crippen LogP contribution is 2.33. The summed E-state index contributed by atoms with van der Waals surface area (Å²) in [6.07, 6.45) is 10.7. The molecule has 0 aliphatic rings. The van der Waals surface area contributed by atoms with E-state index in [1.807, 2.05) is 0 Å². The Bertz CT molecular complexity index is 3990. The van der Waals surface area contributed by atoms with Crippen LogP contribution in [-0.2, 0) is 40.0 Å². The van der Waals surface area contributed by atoms with E-state index in [2.05, 4.69) is 385 Å². The average Bonchev–Trinajstić information content (AvgIpc) is 0.797. The predicted molar refractivity (Wildman–Crippen MR) is 436 cm³/mol. The van der Waals surface area contributed by atoms with E-state index in [1.165, 1.54) is 112 Å². The van der Waals surface area contributed by atoms with Crippen molar-refractivity contribution >= 4 is 53.0 Å².